The van der Waals surface area contributed by atoms with E-state index in [9.17, 15) is 0 Å². The maximum atomic E-state index is 9.10. The molecule has 3 N–H and O–H groups in total. The van der Waals surface area contributed by atoms with Gasteiger partial charge in [-0.3, -0.25) is 5.21 Å². The Bertz CT molecular complexity index is 260. The van der Waals surface area contributed by atoms with Crippen LogP contribution in [0.15, 0.2) is 11.1 Å². The van der Waals surface area contributed by atoms with Crippen molar-refractivity contribution in [3.63, 3.8) is 0 Å². The Morgan fingerprint density at radius 2 is 2.50 bits per heavy atom. The number of H-pyrrole nitrogens is 1. The Balaban J connectivity index is 2.53. The number of thioether (sulfide) groups is 1. The van der Waals surface area contributed by atoms with Gasteiger partial charge in [0.05, 0.1) is 10.8 Å². The topological polar surface area (TPSA) is 59.5 Å². The van der Waals surface area contributed by atoms with Gasteiger partial charge in [0.25, 0.3) is 0 Å². The molecule has 2 heterocycles. The van der Waals surface area contributed by atoms with Crippen LogP contribution < -0.4 is 5.06 Å². The summed E-state index contributed by atoms with van der Waals surface area (Å²) in [5.41, 5.74) is 0. The first-order valence-corrected chi connectivity index (χ1v) is 3.77. The molecule has 1 aromatic heterocycles. The smallest absolute Gasteiger partial charge is 0.148 e. The number of hydrogen-bond acceptors (Lipinski definition) is 4. The van der Waals surface area contributed by atoms with Gasteiger partial charge in [-0.1, -0.05) is 11.8 Å². The third-order valence-corrected chi connectivity index (χ3v) is 2.45. The van der Waals surface area contributed by atoms with E-state index in [4.69, 9.17) is 10.3 Å². The molecule has 0 amide bonds. The summed E-state index contributed by atoms with van der Waals surface area (Å²) in [5, 5.41) is 19.2. The molecule has 0 fully saturated rings. The van der Waals surface area contributed by atoms with E-state index in [0.717, 1.165) is 9.96 Å². The van der Waals surface area contributed by atoms with Gasteiger partial charge in [0, 0.05) is 6.20 Å². The van der Waals surface area contributed by atoms with Gasteiger partial charge in [-0.25, -0.2) is 5.06 Å². The molecule has 4 nitrogen and oxygen atoms in total. The van der Waals surface area contributed by atoms with Crippen LogP contribution in [-0.4, -0.2) is 21.2 Å². The van der Waals surface area contributed by atoms with Crippen LogP contribution in [0.25, 0.3) is 0 Å². The van der Waals surface area contributed by atoms with Crippen LogP contribution in [0.5, 0.6) is 5.75 Å². The number of nitrogens with one attached hydrogen (secondary N) is 1. The average molecular weight is 158 g/mol. The number of aromatic nitrogens is 1. The molecule has 5 heteroatoms. The molecule has 0 unspecified atom stereocenters. The maximum Gasteiger partial charge on any atom is 0.148 e. The number of nitrogens with zero attached hydrogens (tertiary/aromatic N) is 1. The highest BCUT2D eigenvalue weighted by molar-refractivity contribution is 8.00. The first kappa shape index (κ1) is 5.94. The summed E-state index contributed by atoms with van der Waals surface area (Å²) in [6, 6.07) is 0. The zero-order chi connectivity index (χ0) is 7.14. The van der Waals surface area contributed by atoms with E-state index in [1.165, 1.54) is 18.0 Å². The van der Waals surface area contributed by atoms with Crippen LogP contribution in [0.4, 0.5) is 5.82 Å². The summed E-state index contributed by atoms with van der Waals surface area (Å²) in [6.45, 7) is 0. The van der Waals surface area contributed by atoms with E-state index in [1.54, 1.807) is 0 Å². The van der Waals surface area contributed by atoms with Crippen molar-refractivity contribution >= 4 is 17.6 Å². The van der Waals surface area contributed by atoms with Crippen molar-refractivity contribution in [3.05, 3.63) is 6.20 Å². The van der Waals surface area contributed by atoms with E-state index >= 15 is 0 Å². The van der Waals surface area contributed by atoms with Crippen molar-refractivity contribution in [1.29, 1.82) is 0 Å². The van der Waals surface area contributed by atoms with Gasteiger partial charge in [0.2, 0.25) is 0 Å². The van der Waals surface area contributed by atoms with Crippen molar-refractivity contribution in [2.24, 2.45) is 0 Å². The third kappa shape index (κ3) is 0.614. The fourth-order valence-electron chi connectivity index (χ4n) is 0.913. The minimum atomic E-state index is 0.205. The SMILES string of the molecule is Oc1c[nH]c2c1SCN2O. The standard InChI is InChI=1S/C5H6N2O2S/c8-3-1-6-5-4(3)10-2-7(5)9/h1,6,8-9H,2H2. The van der Waals surface area contributed by atoms with Gasteiger partial charge < -0.3 is 10.1 Å². The molecule has 10 heavy (non-hydrogen) atoms. The van der Waals surface area contributed by atoms with Crippen molar-refractivity contribution in [3.8, 4) is 5.75 Å². The van der Waals surface area contributed by atoms with Gasteiger partial charge in [-0.2, -0.15) is 0 Å². The molecule has 1 aromatic rings. The number of hydroxylamine groups is 1. The predicted molar refractivity (Wildman–Crippen MR) is 37.4 cm³/mol. The Hall–Kier alpha value is -0.810. The number of fused-ring (bicyclic) bond motifs is 1. The first-order chi connectivity index (χ1) is 4.79. The van der Waals surface area contributed by atoms with Crippen molar-refractivity contribution in [1.82, 2.24) is 4.98 Å². The Morgan fingerprint density at radius 1 is 1.70 bits per heavy atom. The number of anilines is 1. The highest BCUT2D eigenvalue weighted by Gasteiger charge is 2.22. The third-order valence-electron chi connectivity index (χ3n) is 1.38. The van der Waals surface area contributed by atoms with Crippen LogP contribution in [-0.2, 0) is 0 Å². The molecule has 54 valence electrons. The number of hydrogen-bond donors (Lipinski definition) is 3. The Labute approximate surface area is 61.4 Å². The monoisotopic (exact) mass is 158 g/mol. The van der Waals surface area contributed by atoms with Gasteiger partial charge in [0.15, 0.2) is 0 Å². The summed E-state index contributed by atoms with van der Waals surface area (Å²) in [5.74, 6) is 1.27. The molecule has 0 atom stereocenters. The molecular weight excluding hydrogens is 152 g/mol. The molecule has 0 saturated carbocycles. The van der Waals surface area contributed by atoms with Crippen LogP contribution in [0.2, 0.25) is 0 Å². The second kappa shape index (κ2) is 1.83. The minimum absolute atomic E-state index is 0.205. The normalized spacial score (nSPS) is 15.9. The maximum absolute atomic E-state index is 9.10. The highest BCUT2D eigenvalue weighted by atomic mass is 32.2. The van der Waals surface area contributed by atoms with E-state index in [1.807, 2.05) is 0 Å². The molecular formula is C5H6N2O2S. The van der Waals surface area contributed by atoms with Crippen LogP contribution in [0, 0.1) is 0 Å². The summed E-state index contributed by atoms with van der Waals surface area (Å²) in [6.07, 6.45) is 1.46. The van der Waals surface area contributed by atoms with Crippen LogP contribution >= 0.6 is 11.8 Å². The lowest BCUT2D eigenvalue weighted by Gasteiger charge is -2.03. The fraction of sp³-hybridized carbons (Fsp3) is 0.200. The molecule has 0 aromatic carbocycles. The van der Waals surface area contributed by atoms with Crippen molar-refractivity contribution < 1.29 is 10.3 Å². The molecule has 2 rings (SSSR count). The van der Waals surface area contributed by atoms with E-state index in [-0.39, 0.29) is 5.75 Å². The predicted octanol–water partition coefficient (Wildman–Crippen LogP) is 0.979. The summed E-state index contributed by atoms with van der Waals surface area (Å²) in [4.78, 5) is 3.47. The van der Waals surface area contributed by atoms with Gasteiger partial charge >= 0.3 is 0 Å². The second-order valence-corrected chi connectivity index (χ2v) is 2.98. The van der Waals surface area contributed by atoms with Crippen LogP contribution in [0.3, 0.4) is 0 Å². The van der Waals surface area contributed by atoms with E-state index in [0.29, 0.717) is 11.7 Å². The molecule has 0 radical (unpaired) electrons. The number of aromatic amines is 1. The first-order valence-electron chi connectivity index (χ1n) is 2.78. The Morgan fingerprint density at radius 3 is 3.20 bits per heavy atom. The fourth-order valence-corrected chi connectivity index (χ4v) is 1.80. The summed E-state index contributed by atoms with van der Waals surface area (Å²) < 4.78 is 0. The Kier molecular flexibility index (Phi) is 1.09. The lowest BCUT2D eigenvalue weighted by atomic mass is 10.5. The zero-order valence-corrected chi connectivity index (χ0v) is 5.85. The van der Waals surface area contributed by atoms with E-state index < -0.39 is 0 Å². The molecule has 1 aliphatic heterocycles. The zero-order valence-electron chi connectivity index (χ0n) is 5.03. The van der Waals surface area contributed by atoms with Gasteiger partial charge in [-0.15, -0.1) is 0 Å². The largest absolute Gasteiger partial charge is 0.505 e. The lowest BCUT2D eigenvalue weighted by Crippen LogP contribution is -2.12. The highest BCUT2D eigenvalue weighted by Crippen LogP contribution is 2.42. The number of aromatic hydroxyl groups is 1. The summed E-state index contributed by atoms with van der Waals surface area (Å²) >= 11 is 1.40. The van der Waals surface area contributed by atoms with Gasteiger partial charge in [-0.05, 0) is 0 Å². The molecule has 0 aliphatic carbocycles. The lowest BCUT2D eigenvalue weighted by molar-refractivity contribution is 0.272. The number of rotatable bonds is 0. The van der Waals surface area contributed by atoms with Crippen molar-refractivity contribution in [2.75, 3.05) is 10.9 Å². The molecule has 0 saturated heterocycles. The average Bonchev–Trinajstić information content (AvgIpc) is 2.41. The molecule has 0 bridgehead atoms. The van der Waals surface area contributed by atoms with Gasteiger partial charge in [0.1, 0.15) is 11.6 Å². The molecule has 0 spiro atoms. The van der Waals surface area contributed by atoms with E-state index in [2.05, 4.69) is 4.98 Å². The quantitative estimate of drug-likeness (QED) is 0.526. The van der Waals surface area contributed by atoms with Crippen molar-refractivity contribution in [2.45, 2.75) is 4.90 Å². The molecule has 1 aliphatic rings. The minimum Gasteiger partial charge on any atom is -0.505 e. The summed E-state index contributed by atoms with van der Waals surface area (Å²) in [7, 11) is 0. The second-order valence-electron chi connectivity index (χ2n) is 2.02. The van der Waals surface area contributed by atoms with Crippen LogP contribution in [0.1, 0.15) is 0 Å².